The van der Waals surface area contributed by atoms with Crippen molar-refractivity contribution in [3.05, 3.63) is 23.4 Å². The van der Waals surface area contributed by atoms with Gasteiger partial charge in [0.05, 0.1) is 11.2 Å². The molecular formula is C16H28BN3O2. The van der Waals surface area contributed by atoms with Crippen molar-refractivity contribution in [3.63, 3.8) is 0 Å². The first-order valence-electron chi connectivity index (χ1n) is 7.80. The number of rotatable bonds is 4. The summed E-state index contributed by atoms with van der Waals surface area (Å²) in [5.74, 6) is 0. The summed E-state index contributed by atoms with van der Waals surface area (Å²) >= 11 is 0. The fourth-order valence-corrected chi connectivity index (χ4v) is 2.43. The number of allylic oxidation sites excluding steroid dienone is 1. The summed E-state index contributed by atoms with van der Waals surface area (Å²) < 4.78 is 12.3. The zero-order valence-electron chi connectivity index (χ0n) is 14.9. The lowest BCUT2D eigenvalue weighted by Gasteiger charge is -2.32. The number of nitrogens with zero attached hydrogens (tertiary/aromatic N) is 3. The molecule has 0 saturated carbocycles. The van der Waals surface area contributed by atoms with Crippen LogP contribution < -0.4 is 0 Å². The summed E-state index contributed by atoms with van der Waals surface area (Å²) in [6, 6.07) is 0. The topological polar surface area (TPSA) is 37.3 Å². The van der Waals surface area contributed by atoms with Gasteiger partial charge in [-0.15, -0.1) is 0 Å². The molecule has 0 spiro atoms. The molecule has 0 bridgehead atoms. The third-order valence-electron chi connectivity index (χ3n) is 4.61. The van der Waals surface area contributed by atoms with Gasteiger partial charge in [0.2, 0.25) is 0 Å². The molecule has 1 saturated heterocycles. The van der Waals surface area contributed by atoms with E-state index in [0.29, 0.717) is 0 Å². The average Bonchev–Trinajstić information content (AvgIpc) is 2.86. The molecule has 0 atom stereocenters. The third-order valence-corrected chi connectivity index (χ3v) is 4.61. The quantitative estimate of drug-likeness (QED) is 0.591. The van der Waals surface area contributed by atoms with Crippen LogP contribution in [-0.4, -0.2) is 55.2 Å². The van der Waals surface area contributed by atoms with Gasteiger partial charge in [-0.25, -0.2) is 5.01 Å². The maximum atomic E-state index is 6.13. The molecular weight excluding hydrogens is 277 g/mol. The molecule has 0 aromatic heterocycles. The molecule has 6 heteroatoms. The smallest absolute Gasteiger partial charge is 0.399 e. The predicted octanol–water partition coefficient (Wildman–Crippen LogP) is 2.66. The largest absolute Gasteiger partial charge is 0.493 e. The number of hydrazine groups is 1. The fraction of sp³-hybridized carbons (Fsp3) is 0.688. The molecule has 0 radical (unpaired) electrons. The van der Waals surface area contributed by atoms with E-state index < -0.39 is 0 Å². The Morgan fingerprint density at radius 2 is 1.91 bits per heavy atom. The fourth-order valence-electron chi connectivity index (χ4n) is 2.43. The van der Waals surface area contributed by atoms with Crippen LogP contribution >= 0.6 is 0 Å². The van der Waals surface area contributed by atoms with Crippen LogP contribution in [0.25, 0.3) is 0 Å². The lowest BCUT2D eigenvalue weighted by Crippen LogP contribution is -2.41. The van der Waals surface area contributed by atoms with Crippen molar-refractivity contribution < 1.29 is 9.31 Å². The highest BCUT2D eigenvalue weighted by molar-refractivity contribution is 6.54. The molecule has 122 valence electrons. The molecule has 2 rings (SSSR count). The second-order valence-electron chi connectivity index (χ2n) is 7.11. The van der Waals surface area contributed by atoms with Crippen LogP contribution in [0.4, 0.5) is 0 Å². The standard InChI is InChI=1S/C16H28BN3O2/c1-13(8-9-18-6)10-20-12-14(11-19(20)7)17-21-15(2,3)16(4,5)22-17/h9-10,12H,8,11H2,1-7H3/b13-10+,18-9?. The Hall–Kier alpha value is -1.11. The molecule has 22 heavy (non-hydrogen) atoms. The van der Waals surface area contributed by atoms with Crippen LogP contribution in [0.5, 0.6) is 0 Å². The van der Waals surface area contributed by atoms with Crippen molar-refractivity contribution in [2.45, 2.75) is 52.2 Å². The average molecular weight is 305 g/mol. The first-order chi connectivity index (χ1) is 10.2. The molecule has 0 aromatic carbocycles. The summed E-state index contributed by atoms with van der Waals surface area (Å²) in [6.45, 7) is 11.2. The first kappa shape index (κ1) is 17.3. The number of hydrogen-bond acceptors (Lipinski definition) is 5. The van der Waals surface area contributed by atoms with Crippen LogP contribution in [-0.2, 0) is 9.31 Å². The van der Waals surface area contributed by atoms with Gasteiger partial charge in [0.1, 0.15) is 0 Å². The lowest BCUT2D eigenvalue weighted by atomic mass is 9.79. The zero-order valence-corrected chi connectivity index (χ0v) is 14.9. The second kappa shape index (κ2) is 6.18. The van der Waals surface area contributed by atoms with Crippen LogP contribution in [0.2, 0.25) is 0 Å². The highest BCUT2D eigenvalue weighted by Gasteiger charge is 2.53. The minimum atomic E-state index is -0.298. The molecule has 0 amide bonds. The summed E-state index contributed by atoms with van der Waals surface area (Å²) in [5, 5.41) is 4.24. The van der Waals surface area contributed by atoms with E-state index in [1.54, 1.807) is 7.05 Å². The Morgan fingerprint density at radius 1 is 1.32 bits per heavy atom. The van der Waals surface area contributed by atoms with E-state index in [-0.39, 0.29) is 18.3 Å². The highest BCUT2D eigenvalue weighted by atomic mass is 16.7. The summed E-state index contributed by atoms with van der Waals surface area (Å²) in [6.07, 6.45) is 7.01. The van der Waals surface area contributed by atoms with Crippen LogP contribution in [0.15, 0.2) is 28.4 Å². The predicted molar refractivity (Wildman–Crippen MR) is 91.4 cm³/mol. The Bertz CT molecular complexity index is 496. The normalized spacial score (nSPS) is 25.4. The molecule has 0 unspecified atom stereocenters. The van der Waals surface area contributed by atoms with Gasteiger partial charge in [0.15, 0.2) is 0 Å². The van der Waals surface area contributed by atoms with Gasteiger partial charge >= 0.3 is 7.12 Å². The van der Waals surface area contributed by atoms with E-state index in [0.717, 1.165) is 18.4 Å². The highest BCUT2D eigenvalue weighted by Crippen LogP contribution is 2.39. The van der Waals surface area contributed by atoms with E-state index in [9.17, 15) is 0 Å². The van der Waals surface area contributed by atoms with Crippen molar-refractivity contribution in [3.8, 4) is 0 Å². The summed E-state index contributed by atoms with van der Waals surface area (Å²) in [4.78, 5) is 4.03. The molecule has 0 N–H and O–H groups in total. The van der Waals surface area contributed by atoms with E-state index in [1.807, 2.05) is 6.21 Å². The molecule has 2 aliphatic rings. The third kappa shape index (κ3) is 3.45. The minimum Gasteiger partial charge on any atom is -0.399 e. The Kier molecular flexibility index (Phi) is 4.85. The molecule has 5 nitrogen and oxygen atoms in total. The Morgan fingerprint density at radius 3 is 2.45 bits per heavy atom. The maximum absolute atomic E-state index is 6.13. The van der Waals surface area contributed by atoms with E-state index in [2.05, 4.69) is 69.1 Å². The lowest BCUT2D eigenvalue weighted by molar-refractivity contribution is 0.00578. The Labute approximate surface area is 134 Å². The molecule has 1 fully saturated rings. The first-order valence-corrected chi connectivity index (χ1v) is 7.80. The SMILES string of the molecule is CN=CC/C(C)=C/N1C=C(B2OC(C)(C)C(C)(C)O2)CN1C. The van der Waals surface area contributed by atoms with Crippen molar-refractivity contribution in [1.29, 1.82) is 0 Å². The van der Waals surface area contributed by atoms with Gasteiger partial charge in [-0.1, -0.05) is 5.57 Å². The summed E-state index contributed by atoms with van der Waals surface area (Å²) in [5.41, 5.74) is 1.81. The van der Waals surface area contributed by atoms with Gasteiger partial charge in [-0.2, -0.15) is 0 Å². The maximum Gasteiger partial charge on any atom is 0.493 e. The second-order valence-corrected chi connectivity index (χ2v) is 7.11. The van der Waals surface area contributed by atoms with Gasteiger partial charge in [0, 0.05) is 45.7 Å². The molecule has 0 aliphatic carbocycles. The van der Waals surface area contributed by atoms with Crippen molar-refractivity contribution in [1.82, 2.24) is 10.0 Å². The van der Waals surface area contributed by atoms with Crippen molar-refractivity contribution in [2.75, 3.05) is 20.6 Å². The monoisotopic (exact) mass is 305 g/mol. The number of hydrogen-bond donors (Lipinski definition) is 0. The van der Waals surface area contributed by atoms with E-state index >= 15 is 0 Å². The van der Waals surface area contributed by atoms with Gasteiger partial charge in [-0.3, -0.25) is 5.01 Å². The van der Waals surface area contributed by atoms with Gasteiger partial charge < -0.3 is 14.3 Å². The van der Waals surface area contributed by atoms with Gasteiger partial charge in [0.25, 0.3) is 0 Å². The summed E-state index contributed by atoms with van der Waals surface area (Å²) in [7, 11) is 3.58. The molecule has 0 aromatic rings. The zero-order chi connectivity index (χ0) is 16.5. The van der Waals surface area contributed by atoms with Crippen LogP contribution in [0.3, 0.4) is 0 Å². The van der Waals surface area contributed by atoms with Crippen LogP contribution in [0.1, 0.15) is 41.0 Å². The minimum absolute atomic E-state index is 0.275. The van der Waals surface area contributed by atoms with Gasteiger partial charge in [-0.05, 0) is 40.1 Å². The number of aliphatic imine (C=N–C) groups is 1. The Balaban J connectivity index is 2.10. The molecule has 2 aliphatic heterocycles. The number of likely N-dealkylation sites (N-methyl/N-ethyl adjacent to an activating group) is 1. The molecule has 2 heterocycles. The van der Waals surface area contributed by atoms with Crippen molar-refractivity contribution >= 4 is 13.3 Å². The van der Waals surface area contributed by atoms with E-state index in [1.165, 1.54) is 5.57 Å². The van der Waals surface area contributed by atoms with Crippen LogP contribution in [0, 0.1) is 0 Å². The van der Waals surface area contributed by atoms with E-state index in [4.69, 9.17) is 9.31 Å². The van der Waals surface area contributed by atoms with Crippen molar-refractivity contribution in [2.24, 2.45) is 4.99 Å².